The molecule has 0 N–H and O–H groups in total. The van der Waals surface area contributed by atoms with Crippen molar-refractivity contribution in [1.29, 1.82) is 0 Å². The third-order valence-electron chi connectivity index (χ3n) is 14.1. The number of benzene rings is 9. The summed E-state index contributed by atoms with van der Waals surface area (Å²) in [4.78, 5) is 0. The van der Waals surface area contributed by atoms with Gasteiger partial charge in [-0.05, 0) is 113 Å². The van der Waals surface area contributed by atoms with Crippen LogP contribution in [0.1, 0.15) is 62.6 Å². The molecule has 286 valence electrons. The molecule has 0 amide bonds. The summed E-state index contributed by atoms with van der Waals surface area (Å²) in [6.45, 7) is 2.23. The van der Waals surface area contributed by atoms with E-state index in [1.54, 1.807) is 0 Å². The summed E-state index contributed by atoms with van der Waals surface area (Å²) in [5.74, 6) is 2.17. The van der Waals surface area contributed by atoms with E-state index in [1.807, 2.05) is 0 Å². The van der Waals surface area contributed by atoms with Gasteiger partial charge in [-0.1, -0.05) is 201 Å². The van der Waals surface area contributed by atoms with Gasteiger partial charge in [0.1, 0.15) is 11.5 Å². The van der Waals surface area contributed by atoms with Crippen LogP contribution in [0.3, 0.4) is 0 Å². The van der Waals surface area contributed by atoms with Crippen LogP contribution in [-0.2, 0) is 10.8 Å². The molecule has 0 aromatic heterocycles. The van der Waals surface area contributed by atoms with Gasteiger partial charge in [-0.2, -0.15) is 0 Å². The highest BCUT2D eigenvalue weighted by atomic mass is 16.5. The van der Waals surface area contributed by atoms with Crippen molar-refractivity contribution in [3.05, 3.63) is 262 Å². The topological polar surface area (TPSA) is 9.23 Å². The zero-order chi connectivity index (χ0) is 40.3. The van der Waals surface area contributed by atoms with Crippen LogP contribution in [0.15, 0.2) is 206 Å². The first-order valence-corrected chi connectivity index (χ1v) is 21.5. The lowest BCUT2D eigenvalue weighted by molar-refractivity contribution is 0.435. The molecule has 0 bridgehead atoms. The Labute approximate surface area is 356 Å². The van der Waals surface area contributed by atoms with Crippen molar-refractivity contribution >= 4 is 22.9 Å². The highest BCUT2D eigenvalue weighted by molar-refractivity contribution is 5.97. The molecule has 0 fully saturated rings. The van der Waals surface area contributed by atoms with Crippen molar-refractivity contribution in [2.45, 2.75) is 17.8 Å². The zero-order valence-electron chi connectivity index (χ0n) is 33.8. The molecule has 4 aliphatic rings. The fourth-order valence-electron chi connectivity index (χ4n) is 11.5. The van der Waals surface area contributed by atoms with E-state index in [-0.39, 0.29) is 0 Å². The van der Waals surface area contributed by atoms with Crippen molar-refractivity contribution in [2.75, 3.05) is 0 Å². The summed E-state index contributed by atoms with van der Waals surface area (Å²) in [5.41, 5.74) is 18.7. The molecule has 1 unspecified atom stereocenters. The highest BCUT2D eigenvalue weighted by Crippen LogP contribution is 2.64. The summed E-state index contributed by atoms with van der Waals surface area (Å²) < 4.78 is 7.24. The number of rotatable bonds is 3. The zero-order valence-corrected chi connectivity index (χ0v) is 33.8. The molecule has 1 aliphatic heterocycles. The molecule has 0 saturated carbocycles. The molecule has 61 heavy (non-hydrogen) atoms. The van der Waals surface area contributed by atoms with E-state index in [0.29, 0.717) is 5.92 Å². The lowest BCUT2D eigenvalue weighted by Crippen LogP contribution is -2.32. The lowest BCUT2D eigenvalue weighted by atomic mass is 9.64. The minimum atomic E-state index is -0.603. The summed E-state index contributed by atoms with van der Waals surface area (Å²) in [5, 5.41) is 2.50. The summed E-state index contributed by atoms with van der Waals surface area (Å²) in [6, 6.07) is 72.7. The molecule has 2 atom stereocenters. The first-order valence-electron chi connectivity index (χ1n) is 21.5. The molecular weight excluding hydrogens is 737 g/mol. The predicted octanol–water partition coefficient (Wildman–Crippen LogP) is 15.0. The second kappa shape index (κ2) is 12.8. The molecule has 1 nitrogen and oxygen atoms in total. The van der Waals surface area contributed by atoms with E-state index >= 15 is 0 Å². The van der Waals surface area contributed by atoms with Gasteiger partial charge in [0.2, 0.25) is 0 Å². The first kappa shape index (κ1) is 34.4. The Morgan fingerprint density at radius 3 is 1.66 bits per heavy atom. The van der Waals surface area contributed by atoms with Crippen LogP contribution in [0, 0.1) is 5.92 Å². The Kier molecular flexibility index (Phi) is 7.19. The number of hydrogen-bond donors (Lipinski definition) is 0. The molecule has 1 heteroatoms. The number of allylic oxidation sites excluding steroid dienone is 2. The second-order valence-corrected chi connectivity index (χ2v) is 17.1. The first-order chi connectivity index (χ1) is 30.2. The number of fused-ring (bicyclic) bond motifs is 15. The van der Waals surface area contributed by atoms with Gasteiger partial charge >= 0.3 is 0 Å². The van der Waals surface area contributed by atoms with Gasteiger partial charge in [-0.3, -0.25) is 0 Å². The Hall–Kier alpha value is -7.48. The fraction of sp³-hybridized carbons (Fsp3) is 0.0667. The minimum Gasteiger partial charge on any atom is -0.456 e. The third-order valence-corrected chi connectivity index (χ3v) is 14.1. The fourth-order valence-corrected chi connectivity index (χ4v) is 11.5. The largest absolute Gasteiger partial charge is 0.456 e. The van der Waals surface area contributed by atoms with Crippen LogP contribution in [0.25, 0.3) is 56.3 Å². The SMILES string of the molecule is C[C@@H]1C=Cc2ccc3c(c2C=C1)Oc1ccc(-c2ccccc2C2(c4ccccc4)c4ccccc4-c4cc5ccccc5cc42)cc1C31c2ccccc2-c2ccccc21. The van der Waals surface area contributed by atoms with Crippen LogP contribution in [0.4, 0.5) is 0 Å². The van der Waals surface area contributed by atoms with Crippen molar-refractivity contribution in [1.82, 2.24) is 0 Å². The van der Waals surface area contributed by atoms with E-state index < -0.39 is 10.8 Å². The van der Waals surface area contributed by atoms with Crippen LogP contribution in [-0.4, -0.2) is 0 Å². The Bertz CT molecular complexity index is 3320. The maximum atomic E-state index is 7.24. The normalized spacial score (nSPS) is 18.0. The van der Waals surface area contributed by atoms with Crippen molar-refractivity contribution in [2.24, 2.45) is 5.92 Å². The maximum absolute atomic E-state index is 7.24. The average molecular weight is 777 g/mol. The number of hydrogen-bond acceptors (Lipinski definition) is 1. The number of ether oxygens (including phenoxy) is 1. The van der Waals surface area contributed by atoms with Crippen LogP contribution >= 0.6 is 0 Å². The van der Waals surface area contributed by atoms with Gasteiger partial charge in [0, 0.05) is 16.7 Å². The summed E-state index contributed by atoms with van der Waals surface area (Å²) in [7, 11) is 0. The standard InChI is InChI=1S/C60H40O/c1-38-27-29-39-30-33-54-58(45(39)32-28-38)61-57-34-31-42(37-56(57)60(54)52-25-13-8-20-46(52)47-21-9-14-26-53(47)60)44-19-7-11-23-50(44)59(43-17-3-2-4-18-43)51-24-12-10-22-48(51)49-35-40-15-5-6-16-41(40)36-55(49)59/h2-38H,1H3/t38-,59?/m1/s1. The molecule has 0 saturated heterocycles. The summed E-state index contributed by atoms with van der Waals surface area (Å²) in [6.07, 6.45) is 9.10. The predicted molar refractivity (Wildman–Crippen MR) is 251 cm³/mol. The van der Waals surface area contributed by atoms with Gasteiger partial charge in [-0.15, -0.1) is 0 Å². The molecular formula is C60H40O. The molecule has 3 aliphatic carbocycles. The van der Waals surface area contributed by atoms with E-state index in [4.69, 9.17) is 4.74 Å². The van der Waals surface area contributed by atoms with Gasteiger partial charge < -0.3 is 4.74 Å². The van der Waals surface area contributed by atoms with Gasteiger partial charge in [0.25, 0.3) is 0 Å². The molecule has 13 rings (SSSR count). The quantitative estimate of drug-likeness (QED) is 0.174. The molecule has 9 aromatic rings. The van der Waals surface area contributed by atoms with E-state index in [9.17, 15) is 0 Å². The average Bonchev–Trinajstić information content (AvgIpc) is 3.68. The van der Waals surface area contributed by atoms with Crippen molar-refractivity contribution in [3.8, 4) is 44.9 Å². The molecule has 1 spiro atoms. The third kappa shape index (κ3) is 4.56. The molecule has 1 heterocycles. The Balaban J connectivity index is 1.11. The van der Waals surface area contributed by atoms with Crippen LogP contribution in [0.2, 0.25) is 0 Å². The van der Waals surface area contributed by atoms with Crippen LogP contribution in [0.5, 0.6) is 11.5 Å². The van der Waals surface area contributed by atoms with E-state index in [0.717, 1.165) is 28.2 Å². The highest BCUT2D eigenvalue weighted by Gasteiger charge is 2.52. The Morgan fingerprint density at radius 2 is 0.951 bits per heavy atom. The molecule has 0 radical (unpaired) electrons. The lowest BCUT2D eigenvalue weighted by Gasteiger charge is -2.40. The van der Waals surface area contributed by atoms with Crippen molar-refractivity contribution in [3.63, 3.8) is 0 Å². The van der Waals surface area contributed by atoms with Gasteiger partial charge in [0.05, 0.1) is 10.8 Å². The van der Waals surface area contributed by atoms with E-state index in [1.165, 1.54) is 83.1 Å². The molecule has 9 aromatic carbocycles. The monoisotopic (exact) mass is 776 g/mol. The minimum absolute atomic E-state index is 0.333. The summed E-state index contributed by atoms with van der Waals surface area (Å²) >= 11 is 0. The maximum Gasteiger partial charge on any atom is 0.140 e. The second-order valence-electron chi connectivity index (χ2n) is 17.1. The van der Waals surface area contributed by atoms with E-state index in [2.05, 4.69) is 225 Å². The Morgan fingerprint density at radius 1 is 0.393 bits per heavy atom. The van der Waals surface area contributed by atoms with Crippen molar-refractivity contribution < 1.29 is 4.74 Å². The van der Waals surface area contributed by atoms with Gasteiger partial charge in [-0.25, -0.2) is 0 Å². The smallest absolute Gasteiger partial charge is 0.140 e. The van der Waals surface area contributed by atoms with Gasteiger partial charge in [0.15, 0.2) is 0 Å². The van der Waals surface area contributed by atoms with Crippen LogP contribution < -0.4 is 4.74 Å².